The van der Waals surface area contributed by atoms with Crippen molar-refractivity contribution in [1.82, 2.24) is 9.97 Å². The van der Waals surface area contributed by atoms with Crippen LogP contribution in [-0.4, -0.2) is 17.1 Å². The molecule has 3 aromatic carbocycles. The normalized spacial score (nSPS) is 11.2. The Hall–Kier alpha value is -2.54. The smallest absolute Gasteiger partial charge is 0.189 e. The number of nitrogens with zero attached hydrogens (tertiary/aromatic N) is 2. The van der Waals surface area contributed by atoms with Gasteiger partial charge in [-0.3, -0.25) is 0 Å². The van der Waals surface area contributed by atoms with E-state index >= 15 is 0 Å². The summed E-state index contributed by atoms with van der Waals surface area (Å²) in [5.41, 5.74) is 2.31. The summed E-state index contributed by atoms with van der Waals surface area (Å²) in [5, 5.41) is 3.01. The SMILES string of the molecule is COc1ccc(Sc2nc(SCc3ccccc3)nc3c2sc2ccccc23)cc1. The maximum atomic E-state index is 5.29. The Morgan fingerprint density at radius 3 is 2.43 bits per heavy atom. The molecule has 0 aliphatic rings. The Balaban J connectivity index is 1.55. The lowest BCUT2D eigenvalue weighted by atomic mass is 10.2. The minimum atomic E-state index is 0.811. The average Bonchev–Trinajstić information content (AvgIpc) is 3.18. The van der Waals surface area contributed by atoms with Crippen LogP contribution in [0.25, 0.3) is 20.3 Å². The zero-order valence-corrected chi connectivity index (χ0v) is 18.7. The molecule has 0 fully saturated rings. The largest absolute Gasteiger partial charge is 0.497 e. The number of fused-ring (bicyclic) bond motifs is 3. The lowest BCUT2D eigenvalue weighted by Gasteiger charge is -2.07. The van der Waals surface area contributed by atoms with Crippen LogP contribution in [-0.2, 0) is 5.75 Å². The van der Waals surface area contributed by atoms with Crippen molar-refractivity contribution < 1.29 is 4.74 Å². The highest BCUT2D eigenvalue weighted by atomic mass is 32.2. The third kappa shape index (κ3) is 4.03. The van der Waals surface area contributed by atoms with Gasteiger partial charge < -0.3 is 4.74 Å². The van der Waals surface area contributed by atoms with Gasteiger partial charge in [0.25, 0.3) is 0 Å². The first kappa shape index (κ1) is 19.4. The molecule has 0 aliphatic heterocycles. The van der Waals surface area contributed by atoms with Crippen LogP contribution < -0.4 is 4.74 Å². The lowest BCUT2D eigenvalue weighted by Crippen LogP contribution is -1.91. The minimum Gasteiger partial charge on any atom is -0.497 e. The van der Waals surface area contributed by atoms with Crippen molar-refractivity contribution in [2.45, 2.75) is 20.8 Å². The van der Waals surface area contributed by atoms with Crippen molar-refractivity contribution in [2.75, 3.05) is 7.11 Å². The summed E-state index contributed by atoms with van der Waals surface area (Å²) in [6.07, 6.45) is 0. The van der Waals surface area contributed by atoms with Crippen LogP contribution in [0.15, 0.2) is 93.9 Å². The van der Waals surface area contributed by atoms with E-state index in [4.69, 9.17) is 14.7 Å². The van der Waals surface area contributed by atoms with E-state index in [0.717, 1.165) is 36.8 Å². The summed E-state index contributed by atoms with van der Waals surface area (Å²) in [6, 6.07) is 27.0. The molecule has 3 nitrogen and oxygen atoms in total. The molecule has 0 saturated carbocycles. The summed E-state index contributed by atoms with van der Waals surface area (Å²) in [5.74, 6) is 1.70. The molecule has 0 radical (unpaired) electrons. The number of rotatable bonds is 6. The van der Waals surface area contributed by atoms with E-state index in [1.165, 1.54) is 15.6 Å². The van der Waals surface area contributed by atoms with Gasteiger partial charge in [-0.1, -0.05) is 72.1 Å². The van der Waals surface area contributed by atoms with Gasteiger partial charge in [0.1, 0.15) is 10.8 Å². The Morgan fingerprint density at radius 1 is 0.867 bits per heavy atom. The van der Waals surface area contributed by atoms with Gasteiger partial charge in [-0.2, -0.15) is 0 Å². The first-order valence-electron chi connectivity index (χ1n) is 9.48. The van der Waals surface area contributed by atoms with Crippen LogP contribution in [0.5, 0.6) is 5.75 Å². The Labute approximate surface area is 187 Å². The van der Waals surface area contributed by atoms with Crippen LogP contribution in [0.3, 0.4) is 0 Å². The van der Waals surface area contributed by atoms with Gasteiger partial charge in [0.2, 0.25) is 0 Å². The second kappa shape index (κ2) is 8.68. The van der Waals surface area contributed by atoms with Crippen molar-refractivity contribution in [3.63, 3.8) is 0 Å². The number of ether oxygens (including phenoxy) is 1. The number of hydrogen-bond donors (Lipinski definition) is 0. The number of hydrogen-bond acceptors (Lipinski definition) is 6. The molecule has 5 rings (SSSR count). The van der Waals surface area contributed by atoms with E-state index in [0.29, 0.717) is 0 Å². The fraction of sp³-hybridized carbons (Fsp3) is 0.0833. The summed E-state index contributed by atoms with van der Waals surface area (Å²) in [7, 11) is 1.68. The Bertz CT molecular complexity index is 1300. The van der Waals surface area contributed by atoms with E-state index in [1.807, 2.05) is 18.2 Å². The van der Waals surface area contributed by atoms with E-state index in [2.05, 4.69) is 60.7 Å². The highest BCUT2D eigenvalue weighted by molar-refractivity contribution is 8.00. The topological polar surface area (TPSA) is 35.0 Å². The van der Waals surface area contributed by atoms with Gasteiger partial charge in [-0.25, -0.2) is 9.97 Å². The fourth-order valence-electron chi connectivity index (χ4n) is 3.16. The van der Waals surface area contributed by atoms with Crippen molar-refractivity contribution >= 4 is 55.2 Å². The second-order valence-electron chi connectivity index (χ2n) is 6.64. The fourth-order valence-corrected chi connectivity index (χ4v) is 6.11. The summed E-state index contributed by atoms with van der Waals surface area (Å²) >= 11 is 5.12. The highest BCUT2D eigenvalue weighted by Crippen LogP contribution is 2.41. The predicted molar refractivity (Wildman–Crippen MR) is 128 cm³/mol. The average molecular weight is 447 g/mol. The van der Waals surface area contributed by atoms with Gasteiger partial charge in [-0.05, 0) is 35.9 Å². The van der Waals surface area contributed by atoms with Crippen LogP contribution in [0.4, 0.5) is 0 Å². The van der Waals surface area contributed by atoms with Crippen molar-refractivity contribution in [3.8, 4) is 5.75 Å². The van der Waals surface area contributed by atoms with Gasteiger partial charge in [0, 0.05) is 20.7 Å². The molecule has 0 atom stereocenters. The molecule has 0 unspecified atom stereocenters. The van der Waals surface area contributed by atoms with E-state index in [9.17, 15) is 0 Å². The zero-order valence-electron chi connectivity index (χ0n) is 16.2. The molecule has 2 heterocycles. The molecule has 0 amide bonds. The number of benzene rings is 3. The standard InChI is InChI=1S/C24H18N2OS3/c1-27-17-11-13-18(14-12-17)29-23-22-21(19-9-5-6-10-20(19)30-22)25-24(26-23)28-15-16-7-3-2-4-8-16/h2-14H,15H2,1H3. The first-order valence-corrected chi connectivity index (χ1v) is 12.1. The molecule has 0 saturated heterocycles. The molecule has 0 spiro atoms. The van der Waals surface area contributed by atoms with Crippen molar-refractivity contribution in [3.05, 3.63) is 84.4 Å². The molecule has 6 heteroatoms. The minimum absolute atomic E-state index is 0.811. The maximum Gasteiger partial charge on any atom is 0.189 e. The lowest BCUT2D eigenvalue weighted by molar-refractivity contribution is 0.414. The van der Waals surface area contributed by atoms with E-state index < -0.39 is 0 Å². The summed E-state index contributed by atoms with van der Waals surface area (Å²) in [4.78, 5) is 11.0. The number of thioether (sulfide) groups is 1. The molecule has 5 aromatic rings. The molecule has 2 aromatic heterocycles. The molecule has 0 bridgehead atoms. The van der Waals surface area contributed by atoms with Crippen molar-refractivity contribution in [2.24, 2.45) is 0 Å². The number of thiophene rings is 1. The second-order valence-corrected chi connectivity index (χ2v) is 9.70. The van der Waals surface area contributed by atoms with Crippen LogP contribution >= 0.6 is 34.9 Å². The van der Waals surface area contributed by atoms with Crippen LogP contribution in [0, 0.1) is 0 Å². The Kier molecular flexibility index (Phi) is 5.62. The highest BCUT2D eigenvalue weighted by Gasteiger charge is 2.15. The molecular weight excluding hydrogens is 428 g/mol. The first-order chi connectivity index (χ1) is 14.8. The number of aromatic nitrogens is 2. The van der Waals surface area contributed by atoms with Crippen LogP contribution in [0.1, 0.15) is 5.56 Å². The zero-order chi connectivity index (χ0) is 20.3. The van der Waals surface area contributed by atoms with Crippen molar-refractivity contribution in [1.29, 1.82) is 0 Å². The van der Waals surface area contributed by atoms with E-state index in [1.54, 1.807) is 42.0 Å². The maximum absolute atomic E-state index is 5.29. The van der Waals surface area contributed by atoms with Crippen LogP contribution in [0.2, 0.25) is 0 Å². The summed E-state index contributed by atoms with van der Waals surface area (Å²) < 4.78 is 7.67. The Morgan fingerprint density at radius 2 is 1.63 bits per heavy atom. The molecule has 0 aliphatic carbocycles. The van der Waals surface area contributed by atoms with Gasteiger partial charge in [0.15, 0.2) is 5.16 Å². The molecule has 148 valence electrons. The monoisotopic (exact) mass is 446 g/mol. The summed E-state index contributed by atoms with van der Waals surface area (Å²) in [6.45, 7) is 0. The van der Waals surface area contributed by atoms with E-state index in [-0.39, 0.29) is 0 Å². The number of methoxy groups -OCH3 is 1. The predicted octanol–water partition coefficient (Wildman–Crippen LogP) is 7.30. The molecule has 30 heavy (non-hydrogen) atoms. The van der Waals surface area contributed by atoms with Gasteiger partial charge >= 0.3 is 0 Å². The molecule has 0 N–H and O–H groups in total. The quantitative estimate of drug-likeness (QED) is 0.155. The third-order valence-corrected chi connectivity index (χ3v) is 7.86. The third-order valence-electron chi connectivity index (χ3n) is 4.65. The van der Waals surface area contributed by atoms with Gasteiger partial charge in [0.05, 0.1) is 17.3 Å². The van der Waals surface area contributed by atoms with Gasteiger partial charge in [-0.15, -0.1) is 11.3 Å². The molecular formula is C24H18N2OS3.